The van der Waals surface area contributed by atoms with E-state index >= 15 is 0 Å². The minimum Gasteiger partial charge on any atom is -0.469 e. The van der Waals surface area contributed by atoms with Gasteiger partial charge in [0.05, 0.1) is 25.2 Å². The topological polar surface area (TPSA) is 50.1 Å². The van der Waals surface area contributed by atoms with Gasteiger partial charge in [-0.2, -0.15) is 5.26 Å². The Hall–Kier alpha value is -1.18. The fourth-order valence-electron chi connectivity index (χ4n) is 1.08. The first-order valence-electron chi connectivity index (χ1n) is 4.06. The van der Waals surface area contributed by atoms with Gasteiger partial charge in [0.15, 0.2) is 0 Å². The zero-order chi connectivity index (χ0) is 11.4. The van der Waals surface area contributed by atoms with E-state index in [4.69, 9.17) is 16.9 Å². The number of thiol groups is 1. The molecular formula is C10H8ClNO2S. The second-order valence-electron chi connectivity index (χ2n) is 2.82. The van der Waals surface area contributed by atoms with E-state index in [9.17, 15) is 4.79 Å². The molecule has 0 aliphatic carbocycles. The van der Waals surface area contributed by atoms with E-state index in [1.807, 2.05) is 6.07 Å². The number of carbonyl (C=O) groups excluding carboxylic acids is 1. The van der Waals surface area contributed by atoms with Crippen molar-refractivity contribution in [1.82, 2.24) is 0 Å². The first kappa shape index (κ1) is 11.9. The van der Waals surface area contributed by atoms with Gasteiger partial charge in [-0.05, 0) is 17.7 Å². The maximum absolute atomic E-state index is 11.1. The van der Waals surface area contributed by atoms with E-state index < -0.39 is 5.97 Å². The largest absolute Gasteiger partial charge is 0.469 e. The predicted molar refractivity (Wildman–Crippen MR) is 59.1 cm³/mol. The second kappa shape index (κ2) is 5.06. The number of methoxy groups -OCH3 is 1. The van der Waals surface area contributed by atoms with E-state index in [2.05, 4.69) is 17.4 Å². The quantitative estimate of drug-likeness (QED) is 0.638. The van der Waals surface area contributed by atoms with Gasteiger partial charge in [-0.3, -0.25) is 4.79 Å². The summed E-state index contributed by atoms with van der Waals surface area (Å²) in [5, 5.41) is 9.02. The number of benzene rings is 1. The molecule has 0 atom stereocenters. The van der Waals surface area contributed by atoms with Crippen molar-refractivity contribution < 1.29 is 9.53 Å². The summed E-state index contributed by atoms with van der Waals surface area (Å²) in [4.78, 5) is 11.6. The first-order valence-corrected chi connectivity index (χ1v) is 4.89. The van der Waals surface area contributed by atoms with Crippen LogP contribution in [0, 0.1) is 11.3 Å². The van der Waals surface area contributed by atoms with Crippen LogP contribution >= 0.6 is 24.2 Å². The average molecular weight is 242 g/mol. The Balaban J connectivity index is 3.10. The molecule has 5 heteroatoms. The van der Waals surface area contributed by atoms with Crippen molar-refractivity contribution >= 4 is 30.2 Å². The van der Waals surface area contributed by atoms with Gasteiger partial charge >= 0.3 is 5.97 Å². The lowest BCUT2D eigenvalue weighted by molar-refractivity contribution is -0.139. The summed E-state index contributed by atoms with van der Waals surface area (Å²) in [6.07, 6.45) is 0.0554. The number of rotatable bonds is 2. The fraction of sp³-hybridized carbons (Fsp3) is 0.200. The minimum absolute atomic E-state index is 0.0554. The highest BCUT2D eigenvalue weighted by Crippen LogP contribution is 2.25. The summed E-state index contributed by atoms with van der Waals surface area (Å²) in [5.74, 6) is -0.392. The van der Waals surface area contributed by atoms with E-state index in [0.717, 1.165) is 0 Å². The van der Waals surface area contributed by atoms with E-state index in [1.165, 1.54) is 13.2 Å². The molecule has 0 fully saturated rings. The summed E-state index contributed by atoms with van der Waals surface area (Å²) in [6, 6.07) is 5.02. The third-order valence-corrected chi connectivity index (χ3v) is 2.59. The lowest BCUT2D eigenvalue weighted by Gasteiger charge is -2.06. The molecule has 0 aliphatic heterocycles. The molecule has 0 aliphatic rings. The Morgan fingerprint density at radius 3 is 2.80 bits per heavy atom. The van der Waals surface area contributed by atoms with Gasteiger partial charge in [0.2, 0.25) is 0 Å². The van der Waals surface area contributed by atoms with Gasteiger partial charge in [0.1, 0.15) is 0 Å². The third kappa shape index (κ3) is 2.88. The van der Waals surface area contributed by atoms with Crippen molar-refractivity contribution in [2.75, 3.05) is 7.11 Å². The zero-order valence-electron chi connectivity index (χ0n) is 7.95. The SMILES string of the molecule is COC(=O)Cc1c(S)cc(C#N)cc1Cl. The standard InChI is InChI=1S/C10H8ClNO2S/c1-14-10(13)4-7-8(11)2-6(5-12)3-9(7)15/h2-3,15H,4H2,1H3. The molecule has 0 saturated carbocycles. The molecule has 0 N–H and O–H groups in total. The second-order valence-corrected chi connectivity index (χ2v) is 3.71. The molecule has 0 saturated heterocycles. The molecule has 0 spiro atoms. The van der Waals surface area contributed by atoms with Crippen LogP contribution in [0.3, 0.4) is 0 Å². The first-order chi connectivity index (χ1) is 7.08. The average Bonchev–Trinajstić information content (AvgIpc) is 2.22. The molecule has 1 aromatic rings. The Labute approximate surface area is 98.0 Å². The Bertz CT molecular complexity index is 417. The summed E-state index contributed by atoms with van der Waals surface area (Å²) < 4.78 is 4.52. The molecule has 15 heavy (non-hydrogen) atoms. The van der Waals surface area contributed by atoms with E-state index in [1.54, 1.807) is 6.07 Å². The summed E-state index contributed by atoms with van der Waals surface area (Å²) in [7, 11) is 1.30. The van der Waals surface area contributed by atoms with Crippen molar-refractivity contribution in [3.63, 3.8) is 0 Å². The van der Waals surface area contributed by atoms with Gasteiger partial charge in [-0.15, -0.1) is 12.6 Å². The summed E-state index contributed by atoms with van der Waals surface area (Å²) in [6.45, 7) is 0. The fourth-order valence-corrected chi connectivity index (χ4v) is 1.77. The maximum Gasteiger partial charge on any atom is 0.310 e. The lowest BCUT2D eigenvalue weighted by Crippen LogP contribution is -2.06. The van der Waals surface area contributed by atoms with Crippen molar-refractivity contribution in [3.05, 3.63) is 28.3 Å². The molecule has 0 unspecified atom stereocenters. The number of nitrogens with zero attached hydrogens (tertiary/aromatic N) is 1. The Morgan fingerprint density at radius 1 is 1.67 bits per heavy atom. The van der Waals surface area contributed by atoms with Crippen LogP contribution < -0.4 is 0 Å². The van der Waals surface area contributed by atoms with Gasteiger partial charge in [-0.25, -0.2) is 0 Å². The van der Waals surface area contributed by atoms with Crippen LogP contribution in [-0.2, 0) is 16.0 Å². The molecule has 0 amide bonds. The molecule has 1 rings (SSSR count). The highest BCUT2D eigenvalue weighted by Gasteiger charge is 2.11. The molecule has 0 bridgehead atoms. The van der Waals surface area contributed by atoms with Gasteiger partial charge in [-0.1, -0.05) is 11.6 Å². The van der Waals surface area contributed by atoms with Crippen LogP contribution in [-0.4, -0.2) is 13.1 Å². The summed E-state index contributed by atoms with van der Waals surface area (Å²) >= 11 is 10.1. The van der Waals surface area contributed by atoms with Gasteiger partial charge in [0.25, 0.3) is 0 Å². The molecule has 0 heterocycles. The number of esters is 1. The normalized spacial score (nSPS) is 9.47. The van der Waals surface area contributed by atoms with Crippen LogP contribution in [0.1, 0.15) is 11.1 Å². The number of nitriles is 1. The third-order valence-electron chi connectivity index (χ3n) is 1.85. The van der Waals surface area contributed by atoms with Gasteiger partial charge in [0, 0.05) is 9.92 Å². The van der Waals surface area contributed by atoms with Crippen molar-refractivity contribution in [1.29, 1.82) is 5.26 Å². The van der Waals surface area contributed by atoms with E-state index in [0.29, 0.717) is 21.0 Å². The zero-order valence-corrected chi connectivity index (χ0v) is 9.60. The maximum atomic E-state index is 11.1. The van der Waals surface area contributed by atoms with Crippen LogP contribution in [0.4, 0.5) is 0 Å². The smallest absolute Gasteiger partial charge is 0.310 e. The Morgan fingerprint density at radius 2 is 2.33 bits per heavy atom. The predicted octanol–water partition coefficient (Wildman–Crippen LogP) is 2.22. The number of hydrogen-bond acceptors (Lipinski definition) is 4. The monoisotopic (exact) mass is 241 g/mol. The minimum atomic E-state index is -0.392. The lowest BCUT2D eigenvalue weighted by atomic mass is 10.1. The molecule has 0 radical (unpaired) electrons. The number of carbonyl (C=O) groups is 1. The summed E-state index contributed by atoms with van der Waals surface area (Å²) in [5.41, 5.74) is 0.990. The van der Waals surface area contributed by atoms with Crippen molar-refractivity contribution in [3.8, 4) is 6.07 Å². The van der Waals surface area contributed by atoms with Crippen LogP contribution in [0.15, 0.2) is 17.0 Å². The van der Waals surface area contributed by atoms with E-state index in [-0.39, 0.29) is 6.42 Å². The molecular weight excluding hydrogens is 234 g/mol. The van der Waals surface area contributed by atoms with Crippen LogP contribution in [0.2, 0.25) is 5.02 Å². The molecule has 0 aromatic heterocycles. The van der Waals surface area contributed by atoms with Crippen LogP contribution in [0.5, 0.6) is 0 Å². The highest BCUT2D eigenvalue weighted by molar-refractivity contribution is 7.80. The van der Waals surface area contributed by atoms with Crippen molar-refractivity contribution in [2.45, 2.75) is 11.3 Å². The van der Waals surface area contributed by atoms with Crippen molar-refractivity contribution in [2.24, 2.45) is 0 Å². The van der Waals surface area contributed by atoms with Crippen LogP contribution in [0.25, 0.3) is 0 Å². The number of halogens is 1. The number of hydrogen-bond donors (Lipinski definition) is 1. The molecule has 1 aromatic carbocycles. The molecule has 78 valence electrons. The highest BCUT2D eigenvalue weighted by atomic mass is 35.5. The number of ether oxygens (including phenoxy) is 1. The molecule has 3 nitrogen and oxygen atoms in total. The van der Waals surface area contributed by atoms with Gasteiger partial charge < -0.3 is 4.74 Å². The Kier molecular flexibility index (Phi) is 4.01.